The van der Waals surface area contributed by atoms with Crippen molar-refractivity contribution in [2.45, 2.75) is 44.3 Å². The van der Waals surface area contributed by atoms with Crippen molar-refractivity contribution in [2.24, 2.45) is 5.92 Å². The first-order valence-corrected chi connectivity index (χ1v) is 5.33. The molecule has 0 aromatic carbocycles. The molecule has 0 aromatic rings. The Labute approximate surface area is 80.6 Å². The molecule has 2 fully saturated rings. The van der Waals surface area contributed by atoms with Gasteiger partial charge in [0.2, 0.25) is 0 Å². The molecule has 0 amide bonds. The molecule has 74 valence electrons. The van der Waals surface area contributed by atoms with Crippen molar-refractivity contribution >= 4 is 0 Å². The quantitative estimate of drug-likeness (QED) is 0.653. The van der Waals surface area contributed by atoms with Gasteiger partial charge in [-0.3, -0.25) is 0 Å². The first kappa shape index (κ1) is 9.47. The van der Waals surface area contributed by atoms with Crippen LogP contribution >= 0.6 is 0 Å². The van der Waals surface area contributed by atoms with Crippen LogP contribution in [0.15, 0.2) is 0 Å². The molecule has 2 nitrogen and oxygen atoms in total. The van der Waals surface area contributed by atoms with Gasteiger partial charge >= 0.3 is 0 Å². The zero-order valence-electron chi connectivity index (χ0n) is 8.13. The second-order valence-electron chi connectivity index (χ2n) is 4.18. The fourth-order valence-electron chi connectivity index (χ4n) is 2.23. The minimum atomic E-state index is -0.189. The number of hydrogen-bond donors (Lipinski definition) is 0. The zero-order chi connectivity index (χ0) is 9.15. The summed E-state index contributed by atoms with van der Waals surface area (Å²) in [5.41, 5.74) is 0. The Kier molecular flexibility index (Phi) is 2.89. The number of rotatable bonds is 2. The van der Waals surface area contributed by atoms with Gasteiger partial charge in [0.25, 0.3) is 0 Å². The maximum Gasteiger partial charge on any atom is 0.168 e. The lowest BCUT2D eigenvalue weighted by molar-refractivity contribution is -0.279. The predicted molar refractivity (Wildman–Crippen MR) is 50.1 cm³/mol. The largest absolute Gasteiger partial charge is 0.350 e. The molecule has 0 unspecified atom stereocenters. The van der Waals surface area contributed by atoms with Gasteiger partial charge in [-0.05, 0) is 32.6 Å². The molecule has 2 radical (unpaired) electrons. The Morgan fingerprint density at radius 3 is 2.31 bits per heavy atom. The van der Waals surface area contributed by atoms with Gasteiger partial charge in [-0.2, -0.15) is 0 Å². The molecule has 1 saturated heterocycles. The molecule has 0 N–H and O–H groups in total. The van der Waals surface area contributed by atoms with Crippen molar-refractivity contribution in [3.63, 3.8) is 0 Å². The van der Waals surface area contributed by atoms with Crippen molar-refractivity contribution in [2.75, 3.05) is 13.2 Å². The summed E-state index contributed by atoms with van der Waals surface area (Å²) in [6.45, 7) is 7.18. The van der Waals surface area contributed by atoms with Gasteiger partial charge in [0, 0.05) is 18.8 Å². The predicted octanol–water partition coefficient (Wildman–Crippen LogP) is 2.41. The van der Waals surface area contributed by atoms with Crippen LogP contribution in [0.2, 0.25) is 0 Å². The fraction of sp³-hybridized carbons (Fsp3) is 0.909. The van der Waals surface area contributed by atoms with Gasteiger partial charge in [0.15, 0.2) is 5.79 Å². The summed E-state index contributed by atoms with van der Waals surface area (Å²) in [7, 11) is 0. The van der Waals surface area contributed by atoms with Gasteiger partial charge in [0.05, 0.1) is 13.2 Å². The van der Waals surface area contributed by atoms with Gasteiger partial charge < -0.3 is 9.47 Å². The summed E-state index contributed by atoms with van der Waals surface area (Å²) in [4.78, 5) is 0. The Balaban J connectivity index is 1.81. The number of hydrogen-bond acceptors (Lipinski definition) is 2. The molecule has 13 heavy (non-hydrogen) atoms. The molecule has 2 heteroatoms. The van der Waals surface area contributed by atoms with E-state index in [0.717, 1.165) is 38.9 Å². The van der Waals surface area contributed by atoms with E-state index in [1.54, 1.807) is 0 Å². The van der Waals surface area contributed by atoms with Crippen molar-refractivity contribution in [3.8, 4) is 0 Å². The Morgan fingerprint density at radius 2 is 1.77 bits per heavy atom. The van der Waals surface area contributed by atoms with E-state index in [4.69, 9.17) is 16.4 Å². The maximum atomic E-state index is 5.81. The fourth-order valence-corrected chi connectivity index (χ4v) is 2.23. The molecule has 1 aliphatic carbocycles. The zero-order valence-corrected chi connectivity index (χ0v) is 8.13. The van der Waals surface area contributed by atoms with Crippen LogP contribution in [-0.2, 0) is 9.47 Å². The average molecular weight is 182 g/mol. The van der Waals surface area contributed by atoms with Crippen LogP contribution in [0.1, 0.15) is 38.5 Å². The lowest BCUT2D eigenvalue weighted by atomic mass is 10.0. The van der Waals surface area contributed by atoms with E-state index >= 15 is 0 Å². The third kappa shape index (κ3) is 2.05. The first-order chi connectivity index (χ1) is 6.35. The molecular weight excluding hydrogens is 164 g/mol. The molecule has 1 spiro atoms. The summed E-state index contributed by atoms with van der Waals surface area (Å²) < 4.78 is 11.6. The minimum absolute atomic E-state index is 0.189. The Hall–Kier alpha value is -0.0800. The van der Waals surface area contributed by atoms with Crippen LogP contribution in [-0.4, -0.2) is 19.0 Å². The normalized spacial score (nSPS) is 28.4. The molecule has 0 aromatic heterocycles. The maximum absolute atomic E-state index is 5.81. The van der Waals surface area contributed by atoms with Gasteiger partial charge in [-0.1, -0.05) is 0 Å². The molecule has 2 aliphatic rings. The van der Waals surface area contributed by atoms with Crippen LogP contribution in [0, 0.1) is 12.8 Å². The van der Waals surface area contributed by atoms with Gasteiger partial charge in [-0.15, -0.1) is 0 Å². The second kappa shape index (κ2) is 3.97. The number of ether oxygens (including phenoxy) is 2. The molecule has 1 heterocycles. The van der Waals surface area contributed by atoms with Crippen LogP contribution in [0.25, 0.3) is 0 Å². The Bertz CT molecular complexity index is 151. The highest BCUT2D eigenvalue weighted by atomic mass is 16.7. The molecular formula is C11H18O2. The van der Waals surface area contributed by atoms with E-state index < -0.39 is 0 Å². The standard InChI is InChI=1S/C11H18O2/c1-2-5-10-8-12-11(13-9-10)6-3-4-7-11/h1,10H,2-9H2. The van der Waals surface area contributed by atoms with Crippen molar-refractivity contribution in [1.82, 2.24) is 0 Å². The van der Waals surface area contributed by atoms with Crippen LogP contribution in [0.5, 0.6) is 0 Å². The third-order valence-electron chi connectivity index (χ3n) is 3.10. The topological polar surface area (TPSA) is 18.5 Å². The Morgan fingerprint density at radius 1 is 1.15 bits per heavy atom. The van der Waals surface area contributed by atoms with Crippen molar-refractivity contribution in [1.29, 1.82) is 0 Å². The lowest BCUT2D eigenvalue weighted by Gasteiger charge is -2.37. The van der Waals surface area contributed by atoms with Crippen molar-refractivity contribution in [3.05, 3.63) is 6.92 Å². The summed E-state index contributed by atoms with van der Waals surface area (Å²) >= 11 is 0. The highest BCUT2D eigenvalue weighted by Gasteiger charge is 2.39. The van der Waals surface area contributed by atoms with Crippen LogP contribution < -0.4 is 0 Å². The van der Waals surface area contributed by atoms with E-state index in [1.807, 2.05) is 0 Å². The minimum Gasteiger partial charge on any atom is -0.350 e. The van der Waals surface area contributed by atoms with E-state index in [-0.39, 0.29) is 5.79 Å². The van der Waals surface area contributed by atoms with E-state index in [2.05, 4.69) is 0 Å². The second-order valence-corrected chi connectivity index (χ2v) is 4.18. The SMILES string of the molecule is [CH]CCC1COC2(CCCC2)OC1. The average Bonchev–Trinajstić information content (AvgIpc) is 2.59. The molecule has 0 atom stereocenters. The van der Waals surface area contributed by atoms with Gasteiger partial charge in [-0.25, -0.2) is 0 Å². The molecule has 2 rings (SSSR count). The van der Waals surface area contributed by atoms with E-state index in [0.29, 0.717) is 5.92 Å². The highest BCUT2D eigenvalue weighted by Crippen LogP contribution is 2.37. The summed E-state index contributed by atoms with van der Waals surface area (Å²) in [5, 5.41) is 0. The van der Waals surface area contributed by atoms with E-state index in [1.165, 1.54) is 12.8 Å². The van der Waals surface area contributed by atoms with Crippen molar-refractivity contribution < 1.29 is 9.47 Å². The summed E-state index contributed by atoms with van der Waals surface area (Å²) in [6.07, 6.45) is 6.44. The van der Waals surface area contributed by atoms with Crippen LogP contribution in [0.3, 0.4) is 0 Å². The molecule has 0 bridgehead atoms. The lowest BCUT2D eigenvalue weighted by Crippen LogP contribution is -2.41. The summed E-state index contributed by atoms with van der Waals surface area (Å²) in [6, 6.07) is 0. The van der Waals surface area contributed by atoms with Gasteiger partial charge in [0.1, 0.15) is 0 Å². The molecule has 1 aliphatic heterocycles. The monoisotopic (exact) mass is 182 g/mol. The van der Waals surface area contributed by atoms with E-state index in [9.17, 15) is 0 Å². The summed E-state index contributed by atoms with van der Waals surface area (Å²) in [5.74, 6) is 0.335. The smallest absolute Gasteiger partial charge is 0.168 e. The molecule has 1 saturated carbocycles. The highest BCUT2D eigenvalue weighted by molar-refractivity contribution is 4.81. The first-order valence-electron chi connectivity index (χ1n) is 5.33. The third-order valence-corrected chi connectivity index (χ3v) is 3.10. The van der Waals surface area contributed by atoms with Crippen LogP contribution in [0.4, 0.5) is 0 Å².